The van der Waals surface area contributed by atoms with Crippen LogP contribution in [0.3, 0.4) is 0 Å². The van der Waals surface area contributed by atoms with E-state index in [1.807, 2.05) is 0 Å². The zero-order valence-electron chi connectivity index (χ0n) is 18.6. The smallest absolute Gasteiger partial charge is 0.280 e. The first kappa shape index (κ1) is 23.1. The predicted molar refractivity (Wildman–Crippen MR) is 125 cm³/mol. The molecule has 3 heterocycles. The quantitative estimate of drug-likeness (QED) is 0.489. The number of aryl methyl sites for hydroxylation is 1. The average Bonchev–Trinajstić information content (AvgIpc) is 3.39. The lowest BCUT2D eigenvalue weighted by molar-refractivity contribution is -0.895. The second-order valence-corrected chi connectivity index (χ2v) is 11.7. The highest BCUT2D eigenvalue weighted by atomic mass is 32.2. The largest absolute Gasteiger partial charge is 0.486 e. The molecule has 10 nitrogen and oxygen atoms in total. The van der Waals surface area contributed by atoms with Gasteiger partial charge in [-0.05, 0) is 37.0 Å². The van der Waals surface area contributed by atoms with Gasteiger partial charge in [-0.1, -0.05) is 0 Å². The molecule has 0 radical (unpaired) electrons. The maximum Gasteiger partial charge on any atom is 0.280 e. The predicted octanol–water partition coefficient (Wildman–Crippen LogP) is -0.365. The number of nitrogens with zero attached hydrogens (tertiary/aromatic N) is 1. The van der Waals surface area contributed by atoms with E-state index in [-0.39, 0.29) is 17.3 Å². The van der Waals surface area contributed by atoms with E-state index >= 15 is 0 Å². The van der Waals surface area contributed by atoms with E-state index in [1.165, 1.54) is 27.8 Å². The topological polar surface area (TPSA) is 132 Å². The van der Waals surface area contributed by atoms with Crippen LogP contribution in [-0.2, 0) is 27.7 Å². The number of ether oxygens (including phenoxy) is 2. The molecule has 5 rings (SSSR count). The monoisotopic (exact) mass is 507 g/mol. The van der Waals surface area contributed by atoms with E-state index in [2.05, 4.69) is 5.32 Å². The standard InChI is InChI=1S/C22H26N4O6S2/c23-21(28)20-15-2-1-3-18(15)33-22(20)24-19(27)13-25-6-8-26(9-7-25)34(29,30)14-4-5-16-17(12-14)32-11-10-31-16/h4-5,12H,1-3,6-11,13H2,(H2,23,28)(H,24,27)/p+1. The van der Waals surface area contributed by atoms with Crippen molar-refractivity contribution in [2.75, 3.05) is 51.3 Å². The number of carbonyl (C=O) groups is 2. The molecular weight excluding hydrogens is 480 g/mol. The first-order valence-corrected chi connectivity index (χ1v) is 13.6. The molecule has 1 aromatic heterocycles. The molecule has 1 fully saturated rings. The molecule has 2 aliphatic heterocycles. The lowest BCUT2D eigenvalue weighted by atomic mass is 10.1. The first-order valence-electron chi connectivity index (χ1n) is 11.3. The third-order valence-corrected chi connectivity index (χ3v) is 9.51. The first-order chi connectivity index (χ1) is 16.3. The number of nitrogens with two attached hydrogens (primary N) is 1. The fourth-order valence-electron chi connectivity index (χ4n) is 4.70. The Kier molecular flexibility index (Phi) is 6.23. The molecular formula is C22H27N4O6S2+. The summed E-state index contributed by atoms with van der Waals surface area (Å²) in [5, 5.41) is 3.39. The molecule has 0 spiro atoms. The highest BCUT2D eigenvalue weighted by Crippen LogP contribution is 2.38. The van der Waals surface area contributed by atoms with Gasteiger partial charge in [0.2, 0.25) is 10.0 Å². The molecule has 34 heavy (non-hydrogen) atoms. The molecule has 1 saturated heterocycles. The van der Waals surface area contributed by atoms with Gasteiger partial charge in [-0.2, -0.15) is 4.31 Å². The van der Waals surface area contributed by atoms with E-state index in [4.69, 9.17) is 15.2 Å². The summed E-state index contributed by atoms with van der Waals surface area (Å²) >= 11 is 1.43. The molecule has 4 N–H and O–H groups in total. The summed E-state index contributed by atoms with van der Waals surface area (Å²) in [5.41, 5.74) is 6.98. The van der Waals surface area contributed by atoms with Crippen molar-refractivity contribution < 1.29 is 32.4 Å². The van der Waals surface area contributed by atoms with Crippen LogP contribution in [0.1, 0.15) is 27.2 Å². The second-order valence-electron chi connectivity index (χ2n) is 8.61. The van der Waals surface area contributed by atoms with Gasteiger partial charge in [-0.25, -0.2) is 8.42 Å². The van der Waals surface area contributed by atoms with E-state index in [0.29, 0.717) is 61.5 Å². The zero-order valence-corrected chi connectivity index (χ0v) is 20.2. The lowest BCUT2D eigenvalue weighted by Crippen LogP contribution is -3.15. The van der Waals surface area contributed by atoms with Gasteiger partial charge in [-0.15, -0.1) is 11.3 Å². The summed E-state index contributed by atoms with van der Waals surface area (Å²) in [5.74, 6) is 0.254. The van der Waals surface area contributed by atoms with Crippen LogP contribution in [0.15, 0.2) is 23.1 Å². The van der Waals surface area contributed by atoms with Crippen molar-refractivity contribution in [3.8, 4) is 11.5 Å². The molecule has 12 heteroatoms. The molecule has 2 amide bonds. The second kappa shape index (κ2) is 9.17. The number of primary amides is 1. The number of amides is 2. The maximum atomic E-state index is 13.1. The number of hydrogen-bond donors (Lipinski definition) is 3. The maximum absolute atomic E-state index is 13.1. The van der Waals surface area contributed by atoms with Crippen LogP contribution in [0.4, 0.5) is 5.00 Å². The van der Waals surface area contributed by atoms with Crippen LogP contribution in [0.5, 0.6) is 11.5 Å². The van der Waals surface area contributed by atoms with Crippen molar-refractivity contribution in [2.24, 2.45) is 5.73 Å². The molecule has 2 aromatic rings. The molecule has 0 saturated carbocycles. The third-order valence-electron chi connectivity index (χ3n) is 6.41. The van der Waals surface area contributed by atoms with Crippen LogP contribution in [-0.4, -0.2) is 70.5 Å². The van der Waals surface area contributed by atoms with Crippen molar-refractivity contribution in [2.45, 2.75) is 24.2 Å². The van der Waals surface area contributed by atoms with Gasteiger partial charge in [0.1, 0.15) is 18.2 Å². The summed E-state index contributed by atoms with van der Waals surface area (Å²) in [7, 11) is -3.68. The summed E-state index contributed by atoms with van der Waals surface area (Å²) in [6, 6.07) is 4.66. The number of benzene rings is 1. The number of hydrogen-bond acceptors (Lipinski definition) is 7. The Labute approximate surface area is 201 Å². The SMILES string of the molecule is NC(=O)c1c(NC(=O)C[NH+]2CCN(S(=O)(=O)c3ccc4c(c3)OCCO4)CC2)sc2c1CCC2. The minimum atomic E-state index is -3.68. The summed E-state index contributed by atoms with van der Waals surface area (Å²) in [6.45, 7) is 2.63. The lowest BCUT2D eigenvalue weighted by Gasteiger charge is -2.31. The number of thiophene rings is 1. The Bertz CT molecular complexity index is 1230. The van der Waals surface area contributed by atoms with E-state index in [0.717, 1.165) is 34.6 Å². The Balaban J connectivity index is 1.19. The minimum absolute atomic E-state index is 0.169. The van der Waals surface area contributed by atoms with E-state index in [1.54, 1.807) is 6.07 Å². The van der Waals surface area contributed by atoms with Gasteiger partial charge >= 0.3 is 0 Å². The Hall–Kier alpha value is -2.67. The average molecular weight is 508 g/mol. The van der Waals surface area contributed by atoms with Crippen LogP contribution in [0.2, 0.25) is 0 Å². The summed E-state index contributed by atoms with van der Waals surface area (Å²) < 4.78 is 38.6. The molecule has 182 valence electrons. The van der Waals surface area contributed by atoms with Crippen LogP contribution in [0, 0.1) is 0 Å². The van der Waals surface area contributed by atoms with Crippen molar-refractivity contribution >= 4 is 38.2 Å². The molecule has 1 aliphatic carbocycles. The molecule has 0 bridgehead atoms. The number of fused-ring (bicyclic) bond motifs is 2. The number of nitrogens with one attached hydrogen (secondary N) is 2. The molecule has 0 unspecified atom stereocenters. The summed E-state index contributed by atoms with van der Waals surface area (Å²) in [4.78, 5) is 26.9. The van der Waals surface area contributed by atoms with Crippen LogP contribution < -0.4 is 25.4 Å². The van der Waals surface area contributed by atoms with Crippen molar-refractivity contribution in [3.05, 3.63) is 34.2 Å². The molecule has 0 atom stereocenters. The number of sulfonamides is 1. The van der Waals surface area contributed by atoms with Gasteiger partial charge in [0.25, 0.3) is 11.8 Å². The zero-order chi connectivity index (χ0) is 23.9. The number of quaternary nitrogens is 1. The highest BCUT2D eigenvalue weighted by Gasteiger charge is 2.33. The van der Waals surface area contributed by atoms with Gasteiger partial charge in [0.05, 0.1) is 36.6 Å². The number of piperazine rings is 1. The number of rotatable bonds is 6. The number of anilines is 1. The third kappa shape index (κ3) is 4.38. The molecule has 3 aliphatic rings. The van der Waals surface area contributed by atoms with Gasteiger partial charge in [-0.3, -0.25) is 9.59 Å². The Morgan fingerprint density at radius 2 is 1.85 bits per heavy atom. The molecule has 1 aromatic carbocycles. The summed E-state index contributed by atoms with van der Waals surface area (Å²) in [6.07, 6.45) is 2.71. The normalized spacial score (nSPS) is 18.5. The Morgan fingerprint density at radius 1 is 1.12 bits per heavy atom. The van der Waals surface area contributed by atoms with Crippen molar-refractivity contribution in [3.63, 3.8) is 0 Å². The van der Waals surface area contributed by atoms with Gasteiger partial charge < -0.3 is 25.4 Å². The van der Waals surface area contributed by atoms with Crippen LogP contribution in [0.25, 0.3) is 0 Å². The minimum Gasteiger partial charge on any atom is -0.486 e. The van der Waals surface area contributed by atoms with Gasteiger partial charge in [0.15, 0.2) is 18.0 Å². The highest BCUT2D eigenvalue weighted by molar-refractivity contribution is 7.89. The fraction of sp³-hybridized carbons (Fsp3) is 0.455. The van der Waals surface area contributed by atoms with E-state index < -0.39 is 15.9 Å². The van der Waals surface area contributed by atoms with Crippen molar-refractivity contribution in [1.29, 1.82) is 0 Å². The van der Waals surface area contributed by atoms with Crippen molar-refractivity contribution in [1.82, 2.24) is 4.31 Å². The Morgan fingerprint density at radius 3 is 2.59 bits per heavy atom. The fourth-order valence-corrected chi connectivity index (χ4v) is 7.47. The number of carbonyl (C=O) groups excluding carboxylic acids is 2. The van der Waals surface area contributed by atoms with E-state index in [9.17, 15) is 18.0 Å². The van der Waals surface area contributed by atoms with Gasteiger partial charge in [0, 0.05) is 10.9 Å². The van der Waals surface area contributed by atoms with Crippen LogP contribution >= 0.6 is 11.3 Å².